The zero-order valence-electron chi connectivity index (χ0n) is 12.4. The molecule has 1 fully saturated rings. The predicted octanol–water partition coefficient (Wildman–Crippen LogP) is 0.905. The summed E-state index contributed by atoms with van der Waals surface area (Å²) >= 11 is 0. The second kappa shape index (κ2) is 6.73. The minimum Gasteiger partial charge on any atom is -0.379 e. The summed E-state index contributed by atoms with van der Waals surface area (Å²) in [5.41, 5.74) is 0.860. The van der Waals surface area contributed by atoms with Gasteiger partial charge in [0.2, 0.25) is 0 Å². The highest BCUT2D eigenvalue weighted by Crippen LogP contribution is 2.16. The van der Waals surface area contributed by atoms with Crippen LogP contribution in [0.4, 0.5) is 11.6 Å². The maximum Gasteiger partial charge on any atom is 0.180 e. The molecule has 0 aliphatic carbocycles. The van der Waals surface area contributed by atoms with Crippen LogP contribution in [-0.2, 0) is 4.74 Å². The molecule has 0 saturated carbocycles. The van der Waals surface area contributed by atoms with Crippen molar-refractivity contribution in [3.05, 3.63) is 18.6 Å². The van der Waals surface area contributed by atoms with Crippen LogP contribution in [0.5, 0.6) is 0 Å². The van der Waals surface area contributed by atoms with E-state index in [4.69, 9.17) is 4.74 Å². The number of morpholine rings is 1. The summed E-state index contributed by atoms with van der Waals surface area (Å²) in [5.74, 6) is 1.68. The van der Waals surface area contributed by atoms with Gasteiger partial charge in [0.15, 0.2) is 11.5 Å². The van der Waals surface area contributed by atoms with E-state index in [2.05, 4.69) is 32.4 Å². The van der Waals surface area contributed by atoms with Gasteiger partial charge in [0.1, 0.15) is 5.82 Å². The molecule has 0 unspecified atom stereocenters. The van der Waals surface area contributed by atoms with Crippen molar-refractivity contribution in [3.63, 3.8) is 0 Å². The Morgan fingerprint density at radius 2 is 2.14 bits per heavy atom. The van der Waals surface area contributed by atoms with E-state index in [1.54, 1.807) is 6.20 Å². The highest BCUT2D eigenvalue weighted by Gasteiger charge is 2.11. The van der Waals surface area contributed by atoms with Crippen LogP contribution in [-0.4, -0.2) is 65.2 Å². The van der Waals surface area contributed by atoms with Gasteiger partial charge in [-0.3, -0.25) is 4.90 Å². The Balaban J connectivity index is 1.65. The molecular formula is C14H22N6O. The second-order valence-electron chi connectivity index (χ2n) is 5.04. The van der Waals surface area contributed by atoms with Gasteiger partial charge in [-0.15, -0.1) is 0 Å². The van der Waals surface area contributed by atoms with Gasteiger partial charge in [-0.25, -0.2) is 9.97 Å². The second-order valence-corrected chi connectivity index (χ2v) is 5.04. The van der Waals surface area contributed by atoms with Crippen molar-refractivity contribution in [2.75, 3.05) is 56.6 Å². The van der Waals surface area contributed by atoms with Crippen molar-refractivity contribution in [3.8, 4) is 0 Å². The predicted molar refractivity (Wildman–Crippen MR) is 82.9 cm³/mol. The molecule has 7 heteroatoms. The lowest BCUT2D eigenvalue weighted by Crippen LogP contribution is -2.39. The Kier molecular flexibility index (Phi) is 4.52. The third-order valence-corrected chi connectivity index (χ3v) is 3.56. The van der Waals surface area contributed by atoms with Crippen molar-refractivity contribution in [2.24, 2.45) is 0 Å². The Labute approximate surface area is 124 Å². The van der Waals surface area contributed by atoms with E-state index in [0.717, 1.165) is 63.2 Å². The number of rotatable bonds is 6. The van der Waals surface area contributed by atoms with Gasteiger partial charge in [0.05, 0.1) is 19.4 Å². The average Bonchev–Trinajstić information content (AvgIpc) is 2.97. The molecule has 7 nitrogen and oxygen atoms in total. The summed E-state index contributed by atoms with van der Waals surface area (Å²) in [4.78, 5) is 11.4. The topological polar surface area (TPSA) is 66.7 Å². The molecule has 1 saturated heterocycles. The lowest BCUT2D eigenvalue weighted by molar-refractivity contribution is 0.0398. The third kappa shape index (κ3) is 3.43. The molecule has 0 bridgehead atoms. The van der Waals surface area contributed by atoms with Gasteiger partial charge in [-0.1, -0.05) is 0 Å². The van der Waals surface area contributed by atoms with E-state index in [1.165, 1.54) is 0 Å². The SMILES string of the molecule is CCNc1cn2ccnc2c(NCCN2CCOCC2)n1. The van der Waals surface area contributed by atoms with Gasteiger partial charge in [0.25, 0.3) is 0 Å². The minimum absolute atomic E-state index is 0.826. The molecule has 3 rings (SSSR count). The molecule has 3 heterocycles. The molecule has 2 aromatic heterocycles. The largest absolute Gasteiger partial charge is 0.379 e. The van der Waals surface area contributed by atoms with E-state index in [1.807, 2.05) is 16.8 Å². The van der Waals surface area contributed by atoms with Crippen molar-refractivity contribution in [1.82, 2.24) is 19.3 Å². The third-order valence-electron chi connectivity index (χ3n) is 3.56. The fraction of sp³-hybridized carbons (Fsp3) is 0.571. The molecular weight excluding hydrogens is 268 g/mol. The summed E-state index contributed by atoms with van der Waals surface area (Å²) in [6, 6.07) is 0. The quantitative estimate of drug-likeness (QED) is 0.824. The van der Waals surface area contributed by atoms with Crippen LogP contribution in [0.2, 0.25) is 0 Å². The van der Waals surface area contributed by atoms with Crippen LogP contribution in [0.1, 0.15) is 6.92 Å². The number of hydrogen-bond donors (Lipinski definition) is 2. The van der Waals surface area contributed by atoms with E-state index in [-0.39, 0.29) is 0 Å². The van der Waals surface area contributed by atoms with E-state index in [9.17, 15) is 0 Å². The first-order valence-electron chi connectivity index (χ1n) is 7.48. The smallest absolute Gasteiger partial charge is 0.180 e. The number of hydrogen-bond acceptors (Lipinski definition) is 6. The summed E-state index contributed by atoms with van der Waals surface area (Å²) in [5, 5.41) is 6.65. The fourth-order valence-electron chi connectivity index (χ4n) is 2.47. The average molecular weight is 290 g/mol. The Morgan fingerprint density at radius 3 is 2.95 bits per heavy atom. The number of ether oxygens (including phenoxy) is 1. The summed E-state index contributed by atoms with van der Waals surface area (Å²) in [6.07, 6.45) is 5.68. The van der Waals surface area contributed by atoms with Crippen LogP contribution in [0.15, 0.2) is 18.6 Å². The van der Waals surface area contributed by atoms with Crippen molar-refractivity contribution < 1.29 is 4.74 Å². The van der Waals surface area contributed by atoms with E-state index >= 15 is 0 Å². The van der Waals surface area contributed by atoms with Crippen molar-refractivity contribution in [1.29, 1.82) is 0 Å². The highest BCUT2D eigenvalue weighted by atomic mass is 16.5. The normalized spacial score (nSPS) is 16.2. The standard InChI is InChI=1S/C14H22N6O/c1-2-15-12-11-20-6-4-17-14(20)13(18-12)16-3-5-19-7-9-21-10-8-19/h4,6,11,15H,2-3,5,7-10H2,1H3,(H,16,18). The molecule has 2 N–H and O–H groups in total. The molecule has 114 valence electrons. The van der Waals surface area contributed by atoms with Gasteiger partial charge in [-0.05, 0) is 6.92 Å². The van der Waals surface area contributed by atoms with Gasteiger partial charge < -0.3 is 19.8 Å². The molecule has 21 heavy (non-hydrogen) atoms. The summed E-state index contributed by atoms with van der Waals surface area (Å²) in [7, 11) is 0. The van der Waals surface area contributed by atoms with Crippen molar-refractivity contribution >= 4 is 17.3 Å². The van der Waals surface area contributed by atoms with Crippen LogP contribution in [0.3, 0.4) is 0 Å². The van der Waals surface area contributed by atoms with E-state index < -0.39 is 0 Å². The Hall–Kier alpha value is -1.86. The summed E-state index contributed by atoms with van der Waals surface area (Å²) in [6.45, 7) is 8.42. The molecule has 0 amide bonds. The zero-order chi connectivity index (χ0) is 14.5. The summed E-state index contributed by atoms with van der Waals surface area (Å²) < 4.78 is 7.35. The van der Waals surface area contributed by atoms with Crippen molar-refractivity contribution in [2.45, 2.75) is 6.92 Å². The number of nitrogens with one attached hydrogen (secondary N) is 2. The lowest BCUT2D eigenvalue weighted by Gasteiger charge is -2.26. The first kappa shape index (κ1) is 14.1. The first-order valence-corrected chi connectivity index (χ1v) is 7.48. The number of aromatic nitrogens is 3. The molecule has 0 spiro atoms. The van der Waals surface area contributed by atoms with Crippen LogP contribution in [0.25, 0.3) is 5.65 Å². The zero-order valence-corrected chi connectivity index (χ0v) is 12.4. The molecule has 1 aliphatic rings. The molecule has 0 atom stereocenters. The highest BCUT2D eigenvalue weighted by molar-refractivity contribution is 5.65. The maximum atomic E-state index is 5.36. The number of fused-ring (bicyclic) bond motifs is 1. The first-order chi connectivity index (χ1) is 10.4. The minimum atomic E-state index is 0.826. The Morgan fingerprint density at radius 1 is 1.29 bits per heavy atom. The van der Waals surface area contributed by atoms with Crippen LogP contribution in [0, 0.1) is 0 Å². The fourth-order valence-corrected chi connectivity index (χ4v) is 2.47. The number of anilines is 2. The molecule has 1 aliphatic heterocycles. The van der Waals surface area contributed by atoms with Gasteiger partial charge in [-0.2, -0.15) is 0 Å². The van der Waals surface area contributed by atoms with Gasteiger partial charge >= 0.3 is 0 Å². The molecule has 2 aromatic rings. The molecule has 0 radical (unpaired) electrons. The molecule has 0 aromatic carbocycles. The van der Waals surface area contributed by atoms with E-state index in [0.29, 0.717) is 0 Å². The maximum absolute atomic E-state index is 5.36. The van der Waals surface area contributed by atoms with Gasteiger partial charge in [0, 0.05) is 45.1 Å². The monoisotopic (exact) mass is 290 g/mol. The number of nitrogens with zero attached hydrogens (tertiary/aromatic N) is 4. The van der Waals surface area contributed by atoms with Crippen LogP contribution < -0.4 is 10.6 Å². The lowest BCUT2D eigenvalue weighted by atomic mass is 10.4. The number of imidazole rings is 1. The van der Waals surface area contributed by atoms with Crippen LogP contribution >= 0.6 is 0 Å². The Bertz CT molecular complexity index is 578.